The van der Waals surface area contributed by atoms with Gasteiger partial charge < -0.3 is 10.6 Å². The number of anilines is 3. The molecule has 0 aliphatic carbocycles. The Bertz CT molecular complexity index is 903. The lowest BCUT2D eigenvalue weighted by Crippen LogP contribution is -2.14. The minimum Gasteiger partial charge on any atom is -0.356 e. The Morgan fingerprint density at radius 2 is 1.46 bits per heavy atom. The van der Waals surface area contributed by atoms with Gasteiger partial charge in [0.25, 0.3) is 0 Å². The van der Waals surface area contributed by atoms with E-state index in [-0.39, 0.29) is 11.7 Å². The summed E-state index contributed by atoms with van der Waals surface area (Å²) in [6.07, 6.45) is 0.346. The molecule has 0 aromatic heterocycles. The second kappa shape index (κ2) is 8.12. The quantitative estimate of drug-likeness (QED) is 0.631. The third kappa shape index (κ3) is 4.80. The minimum absolute atomic E-state index is 0.0325. The van der Waals surface area contributed by atoms with Crippen molar-refractivity contribution in [2.75, 3.05) is 10.6 Å². The van der Waals surface area contributed by atoms with Crippen LogP contribution < -0.4 is 10.6 Å². The molecular weight excluding hydrogens is 324 g/mol. The van der Waals surface area contributed by atoms with Gasteiger partial charge in [-0.1, -0.05) is 42.5 Å². The zero-order chi connectivity index (χ0) is 18.4. The summed E-state index contributed by atoms with van der Waals surface area (Å²) in [5.74, 6) is -0.0174. The van der Waals surface area contributed by atoms with Crippen LogP contribution >= 0.6 is 0 Å². The fraction of sp³-hybridized carbons (Fsp3) is 0.0909. The molecule has 0 aliphatic rings. The van der Waals surface area contributed by atoms with E-state index in [4.69, 9.17) is 0 Å². The number of carbonyl (C=O) groups is 2. The van der Waals surface area contributed by atoms with Crippen LogP contribution in [-0.2, 0) is 11.2 Å². The van der Waals surface area contributed by atoms with Gasteiger partial charge in [0.05, 0.1) is 6.42 Å². The molecular formula is C22H20N2O2. The number of Topliss-reactive ketones (excluding diaryl/α,β-unsaturated/α-hetero) is 1. The molecule has 4 nitrogen and oxygen atoms in total. The first-order valence-corrected chi connectivity index (χ1v) is 8.42. The van der Waals surface area contributed by atoms with E-state index in [9.17, 15) is 9.59 Å². The predicted octanol–water partition coefficient (Wildman–Crippen LogP) is 4.81. The zero-order valence-corrected chi connectivity index (χ0v) is 14.5. The highest BCUT2D eigenvalue weighted by Crippen LogP contribution is 2.20. The normalized spacial score (nSPS) is 10.2. The molecule has 3 rings (SSSR count). The van der Waals surface area contributed by atoms with Gasteiger partial charge in [-0.2, -0.15) is 0 Å². The maximum Gasteiger partial charge on any atom is 0.228 e. The second-order valence-corrected chi connectivity index (χ2v) is 6.05. The van der Waals surface area contributed by atoms with Crippen LogP contribution in [0.1, 0.15) is 22.8 Å². The highest BCUT2D eigenvalue weighted by atomic mass is 16.1. The zero-order valence-electron chi connectivity index (χ0n) is 14.5. The molecule has 0 aliphatic heterocycles. The molecule has 4 heteroatoms. The number of hydrogen-bond donors (Lipinski definition) is 2. The van der Waals surface area contributed by atoms with E-state index in [0.29, 0.717) is 12.0 Å². The minimum atomic E-state index is -0.0499. The van der Waals surface area contributed by atoms with E-state index in [1.165, 1.54) is 0 Å². The van der Waals surface area contributed by atoms with Crippen molar-refractivity contribution >= 4 is 28.8 Å². The highest BCUT2D eigenvalue weighted by molar-refractivity contribution is 5.95. The maximum atomic E-state index is 12.1. The molecule has 0 atom stereocenters. The van der Waals surface area contributed by atoms with Crippen molar-refractivity contribution in [3.63, 3.8) is 0 Å². The third-order valence-corrected chi connectivity index (χ3v) is 3.93. The van der Waals surface area contributed by atoms with Crippen molar-refractivity contribution in [1.29, 1.82) is 0 Å². The fourth-order valence-electron chi connectivity index (χ4n) is 2.61. The van der Waals surface area contributed by atoms with Crippen LogP contribution in [0, 0.1) is 0 Å². The smallest absolute Gasteiger partial charge is 0.228 e. The maximum absolute atomic E-state index is 12.1. The Labute approximate surface area is 152 Å². The molecule has 0 unspecified atom stereocenters. The molecule has 1 amide bonds. The molecule has 0 radical (unpaired) electrons. The van der Waals surface area contributed by atoms with Gasteiger partial charge in [-0.05, 0) is 48.9 Å². The van der Waals surface area contributed by atoms with Crippen LogP contribution in [0.3, 0.4) is 0 Å². The first-order chi connectivity index (χ1) is 12.6. The van der Waals surface area contributed by atoms with Crippen molar-refractivity contribution < 1.29 is 9.59 Å². The van der Waals surface area contributed by atoms with Crippen molar-refractivity contribution in [2.45, 2.75) is 13.3 Å². The monoisotopic (exact) mass is 344 g/mol. The number of ketones is 1. The summed E-state index contributed by atoms with van der Waals surface area (Å²) in [4.78, 5) is 23.6. The molecule has 3 aromatic rings. The molecule has 0 spiro atoms. The summed E-state index contributed by atoms with van der Waals surface area (Å²) in [5.41, 5.74) is 4.12. The van der Waals surface area contributed by atoms with Crippen molar-refractivity contribution in [1.82, 2.24) is 0 Å². The van der Waals surface area contributed by atoms with Gasteiger partial charge in [0.15, 0.2) is 5.78 Å². The Kier molecular flexibility index (Phi) is 5.44. The third-order valence-electron chi connectivity index (χ3n) is 3.93. The standard InChI is InChI=1S/C22H20N2O2/c1-16(25)18-8-5-9-21(15-18)23-19-10-12-20(13-11-19)24-22(26)14-17-6-3-2-4-7-17/h2-13,15,23H,14H2,1H3,(H,24,26). The first kappa shape index (κ1) is 17.4. The first-order valence-electron chi connectivity index (χ1n) is 8.42. The number of benzene rings is 3. The molecule has 130 valence electrons. The largest absolute Gasteiger partial charge is 0.356 e. The topological polar surface area (TPSA) is 58.2 Å². The lowest BCUT2D eigenvalue weighted by atomic mass is 10.1. The average Bonchev–Trinajstić information content (AvgIpc) is 2.64. The Morgan fingerprint density at radius 1 is 0.769 bits per heavy atom. The number of rotatable bonds is 6. The van der Waals surface area contributed by atoms with E-state index in [1.807, 2.05) is 72.8 Å². The van der Waals surface area contributed by atoms with Crippen LogP contribution in [0.15, 0.2) is 78.9 Å². The summed E-state index contributed by atoms with van der Waals surface area (Å²) in [7, 11) is 0. The van der Waals surface area contributed by atoms with Crippen LogP contribution in [-0.4, -0.2) is 11.7 Å². The summed E-state index contributed by atoms with van der Waals surface area (Å²) >= 11 is 0. The summed E-state index contributed by atoms with van der Waals surface area (Å²) < 4.78 is 0. The molecule has 0 fully saturated rings. The molecule has 0 saturated carbocycles. The Balaban J connectivity index is 1.60. The number of amides is 1. The van der Waals surface area contributed by atoms with Gasteiger partial charge in [-0.3, -0.25) is 9.59 Å². The van der Waals surface area contributed by atoms with Crippen LogP contribution in [0.5, 0.6) is 0 Å². The average molecular weight is 344 g/mol. The molecule has 26 heavy (non-hydrogen) atoms. The van der Waals surface area contributed by atoms with E-state index in [2.05, 4.69) is 10.6 Å². The van der Waals surface area contributed by atoms with Crippen molar-refractivity contribution in [3.05, 3.63) is 90.0 Å². The van der Waals surface area contributed by atoms with Gasteiger partial charge in [0.1, 0.15) is 0 Å². The van der Waals surface area contributed by atoms with E-state index < -0.39 is 0 Å². The summed E-state index contributed by atoms with van der Waals surface area (Å²) in [6.45, 7) is 1.55. The highest BCUT2D eigenvalue weighted by Gasteiger charge is 2.05. The van der Waals surface area contributed by atoms with E-state index >= 15 is 0 Å². The van der Waals surface area contributed by atoms with Crippen molar-refractivity contribution in [2.24, 2.45) is 0 Å². The number of nitrogens with one attached hydrogen (secondary N) is 2. The van der Waals surface area contributed by atoms with Crippen molar-refractivity contribution in [3.8, 4) is 0 Å². The molecule has 0 saturated heterocycles. The van der Waals surface area contributed by atoms with Crippen LogP contribution in [0.4, 0.5) is 17.1 Å². The molecule has 3 aromatic carbocycles. The van der Waals surface area contributed by atoms with Gasteiger partial charge in [-0.25, -0.2) is 0 Å². The second-order valence-electron chi connectivity index (χ2n) is 6.05. The SMILES string of the molecule is CC(=O)c1cccc(Nc2ccc(NC(=O)Cc3ccccc3)cc2)c1. The summed E-state index contributed by atoms with van der Waals surface area (Å²) in [5, 5.41) is 6.15. The van der Waals surface area contributed by atoms with Gasteiger partial charge in [0.2, 0.25) is 5.91 Å². The van der Waals surface area contributed by atoms with E-state index in [1.54, 1.807) is 13.0 Å². The van der Waals surface area contributed by atoms with Gasteiger partial charge in [-0.15, -0.1) is 0 Å². The Hall–Kier alpha value is -3.40. The van der Waals surface area contributed by atoms with Gasteiger partial charge in [0, 0.05) is 22.6 Å². The lowest BCUT2D eigenvalue weighted by Gasteiger charge is -2.09. The van der Waals surface area contributed by atoms with Crippen LogP contribution in [0.25, 0.3) is 0 Å². The number of carbonyl (C=O) groups excluding carboxylic acids is 2. The fourth-order valence-corrected chi connectivity index (χ4v) is 2.61. The molecule has 0 bridgehead atoms. The Morgan fingerprint density at radius 3 is 2.15 bits per heavy atom. The molecule has 2 N–H and O–H groups in total. The lowest BCUT2D eigenvalue weighted by molar-refractivity contribution is -0.115. The van der Waals surface area contributed by atoms with Crippen LogP contribution in [0.2, 0.25) is 0 Å². The molecule has 0 heterocycles. The van der Waals surface area contributed by atoms with Gasteiger partial charge >= 0.3 is 0 Å². The number of hydrogen-bond acceptors (Lipinski definition) is 3. The summed E-state index contributed by atoms with van der Waals surface area (Å²) in [6, 6.07) is 24.5. The predicted molar refractivity (Wildman–Crippen MR) is 105 cm³/mol. The van der Waals surface area contributed by atoms with E-state index in [0.717, 1.165) is 22.6 Å².